The molecule has 0 fully saturated rings. The molecule has 0 aliphatic carbocycles. The van der Waals surface area contributed by atoms with Crippen molar-refractivity contribution >= 4 is 29.3 Å². The summed E-state index contributed by atoms with van der Waals surface area (Å²) in [6, 6.07) is 9.28. The molecule has 1 rings (SSSR count). The zero-order chi connectivity index (χ0) is 10.6. The first-order valence-electron chi connectivity index (χ1n) is 4.18. The van der Waals surface area contributed by atoms with Gasteiger partial charge in [-0.15, -0.1) is 23.4 Å². The van der Waals surface area contributed by atoms with Crippen molar-refractivity contribution in [2.75, 3.05) is 0 Å². The van der Waals surface area contributed by atoms with Crippen LogP contribution in [0.3, 0.4) is 0 Å². The number of rotatable bonds is 4. The van der Waals surface area contributed by atoms with Crippen molar-refractivity contribution in [1.29, 1.82) is 0 Å². The summed E-state index contributed by atoms with van der Waals surface area (Å²) in [5.41, 5.74) is 0. The van der Waals surface area contributed by atoms with Crippen molar-refractivity contribution in [2.45, 2.75) is 22.4 Å². The number of benzene rings is 1. The van der Waals surface area contributed by atoms with Crippen molar-refractivity contribution in [2.24, 2.45) is 0 Å². The van der Waals surface area contributed by atoms with E-state index in [0.29, 0.717) is 0 Å². The molecule has 0 aromatic heterocycles. The molecule has 0 spiro atoms. The van der Waals surface area contributed by atoms with Gasteiger partial charge in [-0.25, -0.2) is 0 Å². The smallest absolute Gasteiger partial charge is 0.0651 e. The van der Waals surface area contributed by atoms with Crippen molar-refractivity contribution in [3.05, 3.63) is 30.3 Å². The molecule has 14 heavy (non-hydrogen) atoms. The Bertz CT molecular complexity index is 300. The predicted molar refractivity (Wildman–Crippen MR) is 56.4 cm³/mol. The van der Waals surface area contributed by atoms with Gasteiger partial charge in [-0.05, 0) is 19.1 Å². The maximum absolute atomic E-state index is 10.7. The molecule has 0 unspecified atom stereocenters. The van der Waals surface area contributed by atoms with E-state index >= 15 is 0 Å². The summed E-state index contributed by atoms with van der Waals surface area (Å²) < 4.78 is 0. The Balaban J connectivity index is 2.70. The van der Waals surface area contributed by atoms with Crippen LogP contribution in [0, 0.1) is 0 Å². The third-order valence-corrected chi connectivity index (χ3v) is 3.46. The number of carbonyl (C=O) groups is 1. The second-order valence-corrected chi connectivity index (χ2v) is 4.75. The monoisotopic (exact) mass is 229 g/mol. The highest BCUT2D eigenvalue weighted by Gasteiger charge is 2.17. The summed E-state index contributed by atoms with van der Waals surface area (Å²) in [5, 5.41) is 9.57. The van der Waals surface area contributed by atoms with E-state index in [-0.39, 0.29) is 0 Å². The second kappa shape index (κ2) is 5.27. The van der Waals surface area contributed by atoms with Crippen LogP contribution in [0.1, 0.15) is 6.92 Å². The van der Waals surface area contributed by atoms with Gasteiger partial charge in [0.15, 0.2) is 0 Å². The maximum Gasteiger partial charge on any atom is 0.0651 e. The van der Waals surface area contributed by atoms with Crippen LogP contribution in [0.15, 0.2) is 35.2 Å². The molecular formula is C10H10ClO2S-. The molecule has 0 amide bonds. The van der Waals surface area contributed by atoms with E-state index in [1.165, 1.54) is 11.8 Å². The largest absolute Gasteiger partial charge is 0.549 e. The molecule has 0 bridgehead atoms. The van der Waals surface area contributed by atoms with Gasteiger partial charge >= 0.3 is 0 Å². The topological polar surface area (TPSA) is 40.1 Å². The first-order chi connectivity index (χ1) is 6.61. The highest BCUT2D eigenvalue weighted by Crippen LogP contribution is 2.26. The van der Waals surface area contributed by atoms with Crippen LogP contribution in [0.2, 0.25) is 0 Å². The van der Waals surface area contributed by atoms with Gasteiger partial charge in [0.05, 0.1) is 11.2 Å². The number of halogens is 1. The fraction of sp³-hybridized carbons (Fsp3) is 0.300. The Morgan fingerprint density at radius 1 is 1.43 bits per heavy atom. The number of carbonyl (C=O) groups excluding carboxylic acids is 1. The second-order valence-electron chi connectivity index (χ2n) is 2.85. The normalized spacial score (nSPS) is 14.7. The summed E-state index contributed by atoms with van der Waals surface area (Å²) in [6.45, 7) is 1.65. The van der Waals surface area contributed by atoms with Gasteiger partial charge in [-0.1, -0.05) is 18.2 Å². The highest BCUT2D eigenvalue weighted by molar-refractivity contribution is 8.00. The fourth-order valence-corrected chi connectivity index (χ4v) is 2.12. The van der Waals surface area contributed by atoms with Crippen LogP contribution in [0.4, 0.5) is 0 Å². The van der Waals surface area contributed by atoms with E-state index in [4.69, 9.17) is 11.6 Å². The number of hydrogen-bond donors (Lipinski definition) is 0. The third kappa shape index (κ3) is 3.24. The lowest BCUT2D eigenvalue weighted by molar-refractivity contribution is -0.304. The first-order valence-corrected chi connectivity index (χ1v) is 5.49. The third-order valence-electron chi connectivity index (χ3n) is 1.66. The molecule has 1 aromatic rings. The zero-order valence-electron chi connectivity index (χ0n) is 7.64. The molecule has 76 valence electrons. The van der Waals surface area contributed by atoms with Crippen molar-refractivity contribution < 1.29 is 9.90 Å². The van der Waals surface area contributed by atoms with E-state index in [9.17, 15) is 9.90 Å². The number of alkyl halides is 1. The van der Waals surface area contributed by atoms with E-state index in [0.717, 1.165) is 4.90 Å². The lowest BCUT2D eigenvalue weighted by Gasteiger charge is -2.19. The molecule has 0 heterocycles. The summed E-state index contributed by atoms with van der Waals surface area (Å²) in [6.07, 6.45) is 0. The summed E-state index contributed by atoms with van der Waals surface area (Å²) in [4.78, 5) is 11.6. The molecule has 0 aliphatic rings. The SMILES string of the molecule is C[C@H](Cl)[C@H](Sc1ccccc1)C(=O)[O-]. The van der Waals surface area contributed by atoms with Crippen molar-refractivity contribution in [1.82, 2.24) is 0 Å². The summed E-state index contributed by atoms with van der Waals surface area (Å²) >= 11 is 6.96. The minimum atomic E-state index is -1.12. The van der Waals surface area contributed by atoms with E-state index < -0.39 is 16.6 Å². The molecule has 0 saturated heterocycles. The predicted octanol–water partition coefficient (Wildman–Crippen LogP) is 1.52. The molecule has 0 radical (unpaired) electrons. The molecule has 0 saturated carbocycles. The van der Waals surface area contributed by atoms with Crippen molar-refractivity contribution in [3.63, 3.8) is 0 Å². The summed E-state index contributed by atoms with van der Waals surface area (Å²) in [7, 11) is 0. The minimum absolute atomic E-state index is 0.454. The Labute approximate surface area is 92.3 Å². The molecule has 4 heteroatoms. The van der Waals surface area contributed by atoms with Gasteiger partial charge in [0.25, 0.3) is 0 Å². The maximum atomic E-state index is 10.7. The van der Waals surface area contributed by atoms with E-state index in [1.54, 1.807) is 6.92 Å². The van der Waals surface area contributed by atoms with Crippen LogP contribution in [-0.4, -0.2) is 16.6 Å². The van der Waals surface area contributed by atoms with Gasteiger partial charge < -0.3 is 9.90 Å². The quantitative estimate of drug-likeness (QED) is 0.581. The van der Waals surface area contributed by atoms with Crippen LogP contribution in [0.5, 0.6) is 0 Å². The van der Waals surface area contributed by atoms with E-state index in [2.05, 4.69) is 0 Å². The number of carboxylic acid groups (broad SMARTS) is 1. The van der Waals surface area contributed by atoms with Crippen LogP contribution in [0.25, 0.3) is 0 Å². The highest BCUT2D eigenvalue weighted by atomic mass is 35.5. The Hall–Kier alpha value is -0.670. The standard InChI is InChI=1S/C10H11ClO2S/c1-7(11)9(10(12)13)14-8-5-3-2-4-6-8/h2-7,9H,1H3,(H,12,13)/p-1/t7-,9-/m0/s1. The zero-order valence-corrected chi connectivity index (χ0v) is 9.22. The summed E-state index contributed by atoms with van der Waals surface area (Å²) in [5.74, 6) is -1.12. The Morgan fingerprint density at radius 2 is 2.00 bits per heavy atom. The number of aliphatic carboxylic acids is 1. The average molecular weight is 230 g/mol. The molecule has 2 atom stereocenters. The van der Waals surface area contributed by atoms with Gasteiger partial charge in [0.1, 0.15) is 0 Å². The fourth-order valence-electron chi connectivity index (χ4n) is 0.975. The van der Waals surface area contributed by atoms with E-state index in [1.807, 2.05) is 30.3 Å². The minimum Gasteiger partial charge on any atom is -0.549 e. The van der Waals surface area contributed by atoms with Gasteiger partial charge in [-0.2, -0.15) is 0 Å². The number of hydrogen-bond acceptors (Lipinski definition) is 3. The van der Waals surface area contributed by atoms with Gasteiger partial charge in [0, 0.05) is 10.3 Å². The van der Waals surface area contributed by atoms with Gasteiger partial charge in [0.2, 0.25) is 0 Å². The lowest BCUT2D eigenvalue weighted by atomic mass is 10.3. The average Bonchev–Trinajstić information content (AvgIpc) is 2.15. The van der Waals surface area contributed by atoms with Crippen molar-refractivity contribution in [3.8, 4) is 0 Å². The molecule has 0 aliphatic heterocycles. The molecular weight excluding hydrogens is 220 g/mol. The van der Waals surface area contributed by atoms with Gasteiger partial charge in [-0.3, -0.25) is 0 Å². The molecule has 0 N–H and O–H groups in total. The Kier molecular flexibility index (Phi) is 4.29. The van der Waals surface area contributed by atoms with Crippen LogP contribution >= 0.6 is 23.4 Å². The van der Waals surface area contributed by atoms with Crippen LogP contribution < -0.4 is 5.11 Å². The first kappa shape index (κ1) is 11.4. The number of carboxylic acids is 1. The number of thioether (sulfide) groups is 1. The molecule has 1 aromatic carbocycles. The lowest BCUT2D eigenvalue weighted by Crippen LogP contribution is -2.38. The molecule has 2 nitrogen and oxygen atoms in total. The Morgan fingerprint density at radius 3 is 2.43 bits per heavy atom. The van der Waals surface area contributed by atoms with Crippen LogP contribution in [-0.2, 0) is 4.79 Å².